The van der Waals surface area contributed by atoms with Crippen molar-refractivity contribution >= 4 is 17.3 Å². The van der Waals surface area contributed by atoms with Crippen molar-refractivity contribution in [2.75, 3.05) is 12.8 Å². The predicted molar refractivity (Wildman–Crippen MR) is 67.9 cm³/mol. The van der Waals surface area contributed by atoms with Gasteiger partial charge >= 0.3 is 0 Å². The largest absolute Gasteiger partial charge is 0.497 e. The molecule has 0 bridgehead atoms. The zero-order chi connectivity index (χ0) is 11.5. The minimum atomic E-state index is 0.696. The van der Waals surface area contributed by atoms with Crippen molar-refractivity contribution in [1.29, 1.82) is 0 Å². The van der Waals surface area contributed by atoms with Gasteiger partial charge in [0.05, 0.1) is 7.11 Å². The van der Waals surface area contributed by atoms with Crippen molar-refractivity contribution in [2.45, 2.75) is 0 Å². The predicted octanol–water partition coefficient (Wildman–Crippen LogP) is 3.60. The number of ether oxygens (including phenoxy) is 1. The summed E-state index contributed by atoms with van der Waals surface area (Å²) in [6.07, 6.45) is 0. The van der Waals surface area contributed by atoms with Crippen LogP contribution < -0.4 is 10.5 Å². The minimum absolute atomic E-state index is 0.696. The number of anilines is 1. The molecular weight excluding hydrogens is 222 g/mol. The average molecular weight is 234 g/mol. The molecule has 3 heteroatoms. The second kappa shape index (κ2) is 4.45. The topological polar surface area (TPSA) is 35.2 Å². The standard InChI is InChI=1S/C13H12ClNO/c1-16-11-6-7-12(13(15)8-11)9-2-4-10(14)5-3-9/h2-8H,15H2,1H3. The van der Waals surface area contributed by atoms with Crippen LogP contribution in [0.3, 0.4) is 0 Å². The van der Waals surface area contributed by atoms with Crippen LogP contribution in [0.15, 0.2) is 42.5 Å². The molecule has 0 radical (unpaired) electrons. The number of rotatable bonds is 2. The average Bonchev–Trinajstić information content (AvgIpc) is 2.30. The molecule has 2 N–H and O–H groups in total. The molecule has 0 atom stereocenters. The highest BCUT2D eigenvalue weighted by Gasteiger charge is 2.03. The fraction of sp³-hybridized carbons (Fsp3) is 0.0769. The van der Waals surface area contributed by atoms with Gasteiger partial charge in [0.1, 0.15) is 5.75 Å². The molecule has 0 aliphatic heterocycles. The van der Waals surface area contributed by atoms with E-state index in [0.717, 1.165) is 21.9 Å². The molecule has 0 fully saturated rings. The van der Waals surface area contributed by atoms with Crippen LogP contribution in [0.25, 0.3) is 11.1 Å². The summed E-state index contributed by atoms with van der Waals surface area (Å²) in [6, 6.07) is 13.2. The van der Waals surface area contributed by atoms with Crippen molar-refractivity contribution in [3.63, 3.8) is 0 Å². The summed E-state index contributed by atoms with van der Waals surface area (Å²) in [5.74, 6) is 0.759. The van der Waals surface area contributed by atoms with Crippen LogP contribution in [0.2, 0.25) is 5.02 Å². The van der Waals surface area contributed by atoms with Gasteiger partial charge < -0.3 is 10.5 Å². The van der Waals surface area contributed by atoms with Crippen LogP contribution in [-0.4, -0.2) is 7.11 Å². The quantitative estimate of drug-likeness (QED) is 0.805. The molecule has 82 valence electrons. The number of nitrogens with two attached hydrogens (primary N) is 1. The van der Waals surface area contributed by atoms with Crippen LogP contribution in [0.1, 0.15) is 0 Å². The molecule has 0 amide bonds. The highest BCUT2D eigenvalue weighted by atomic mass is 35.5. The molecule has 2 rings (SSSR count). The Morgan fingerprint density at radius 2 is 1.75 bits per heavy atom. The Hall–Kier alpha value is -1.67. The SMILES string of the molecule is COc1ccc(-c2ccc(Cl)cc2)c(N)c1. The minimum Gasteiger partial charge on any atom is -0.497 e. The van der Waals surface area contributed by atoms with E-state index in [2.05, 4.69) is 0 Å². The molecule has 0 aromatic heterocycles. The zero-order valence-corrected chi connectivity index (χ0v) is 9.66. The first-order valence-corrected chi connectivity index (χ1v) is 5.28. The van der Waals surface area contributed by atoms with Crippen molar-refractivity contribution in [2.24, 2.45) is 0 Å². The molecule has 2 aromatic carbocycles. The van der Waals surface area contributed by atoms with Crippen molar-refractivity contribution < 1.29 is 4.74 Å². The summed E-state index contributed by atoms with van der Waals surface area (Å²) >= 11 is 5.84. The molecule has 2 aromatic rings. The summed E-state index contributed by atoms with van der Waals surface area (Å²) in [4.78, 5) is 0. The maximum Gasteiger partial charge on any atom is 0.120 e. The number of hydrogen-bond acceptors (Lipinski definition) is 2. The van der Waals surface area contributed by atoms with E-state index < -0.39 is 0 Å². The van der Waals surface area contributed by atoms with E-state index >= 15 is 0 Å². The summed E-state index contributed by atoms with van der Waals surface area (Å²) in [6.45, 7) is 0. The van der Waals surface area contributed by atoms with Gasteiger partial charge in [0, 0.05) is 22.3 Å². The monoisotopic (exact) mass is 233 g/mol. The van der Waals surface area contributed by atoms with Gasteiger partial charge in [-0.1, -0.05) is 23.7 Å². The molecule has 0 aliphatic carbocycles. The fourth-order valence-corrected chi connectivity index (χ4v) is 1.69. The fourth-order valence-electron chi connectivity index (χ4n) is 1.56. The van der Waals surface area contributed by atoms with Crippen molar-refractivity contribution in [3.05, 3.63) is 47.5 Å². The van der Waals surface area contributed by atoms with E-state index in [4.69, 9.17) is 22.1 Å². The highest BCUT2D eigenvalue weighted by Crippen LogP contribution is 2.29. The normalized spacial score (nSPS) is 10.1. The lowest BCUT2D eigenvalue weighted by molar-refractivity contribution is 0.415. The van der Waals surface area contributed by atoms with Gasteiger partial charge in [-0.3, -0.25) is 0 Å². The van der Waals surface area contributed by atoms with Gasteiger partial charge in [0.15, 0.2) is 0 Å². The number of halogens is 1. The van der Waals surface area contributed by atoms with Gasteiger partial charge in [-0.15, -0.1) is 0 Å². The second-order valence-corrected chi connectivity index (χ2v) is 3.90. The maximum atomic E-state index is 5.95. The van der Waals surface area contributed by atoms with Crippen LogP contribution in [0, 0.1) is 0 Å². The van der Waals surface area contributed by atoms with E-state index in [0.29, 0.717) is 5.69 Å². The molecular formula is C13H12ClNO. The van der Waals surface area contributed by atoms with Gasteiger partial charge in [-0.05, 0) is 29.8 Å². The highest BCUT2D eigenvalue weighted by molar-refractivity contribution is 6.30. The Kier molecular flexibility index (Phi) is 3.02. The van der Waals surface area contributed by atoms with Crippen LogP contribution in [0.5, 0.6) is 5.75 Å². The summed E-state index contributed by atoms with van der Waals surface area (Å²) in [5, 5.41) is 0.718. The Morgan fingerprint density at radius 3 is 2.31 bits per heavy atom. The van der Waals surface area contributed by atoms with Crippen molar-refractivity contribution in [3.8, 4) is 16.9 Å². The lowest BCUT2D eigenvalue weighted by Gasteiger charge is -2.08. The van der Waals surface area contributed by atoms with Crippen LogP contribution >= 0.6 is 11.6 Å². The third-order valence-electron chi connectivity index (χ3n) is 2.41. The van der Waals surface area contributed by atoms with Gasteiger partial charge in [0.25, 0.3) is 0 Å². The van der Waals surface area contributed by atoms with Gasteiger partial charge in [-0.2, -0.15) is 0 Å². The Labute approximate surface area is 99.6 Å². The number of hydrogen-bond donors (Lipinski definition) is 1. The Balaban J connectivity index is 2.44. The lowest BCUT2D eigenvalue weighted by Crippen LogP contribution is -1.91. The Bertz CT molecular complexity index is 494. The van der Waals surface area contributed by atoms with Gasteiger partial charge in [0.2, 0.25) is 0 Å². The first-order chi connectivity index (χ1) is 7.70. The van der Waals surface area contributed by atoms with E-state index in [9.17, 15) is 0 Å². The van der Waals surface area contributed by atoms with Crippen LogP contribution in [-0.2, 0) is 0 Å². The van der Waals surface area contributed by atoms with Crippen molar-refractivity contribution in [1.82, 2.24) is 0 Å². The van der Waals surface area contributed by atoms with E-state index in [1.807, 2.05) is 42.5 Å². The van der Waals surface area contributed by atoms with E-state index in [-0.39, 0.29) is 0 Å². The summed E-state index contributed by atoms with van der Waals surface area (Å²) in [5.41, 5.74) is 8.68. The molecule has 0 saturated heterocycles. The number of benzene rings is 2. The molecule has 2 nitrogen and oxygen atoms in total. The third-order valence-corrected chi connectivity index (χ3v) is 2.67. The third kappa shape index (κ3) is 2.12. The van der Waals surface area contributed by atoms with E-state index in [1.54, 1.807) is 7.11 Å². The molecule has 16 heavy (non-hydrogen) atoms. The zero-order valence-electron chi connectivity index (χ0n) is 8.91. The smallest absolute Gasteiger partial charge is 0.120 e. The molecule has 0 heterocycles. The molecule has 0 unspecified atom stereocenters. The van der Waals surface area contributed by atoms with Crippen LogP contribution in [0.4, 0.5) is 5.69 Å². The number of methoxy groups -OCH3 is 1. The summed E-state index contributed by atoms with van der Waals surface area (Å²) in [7, 11) is 1.62. The lowest BCUT2D eigenvalue weighted by atomic mass is 10.0. The van der Waals surface area contributed by atoms with E-state index in [1.165, 1.54) is 0 Å². The second-order valence-electron chi connectivity index (χ2n) is 3.46. The maximum absolute atomic E-state index is 5.95. The Morgan fingerprint density at radius 1 is 1.06 bits per heavy atom. The molecule has 0 aliphatic rings. The first-order valence-electron chi connectivity index (χ1n) is 4.90. The summed E-state index contributed by atoms with van der Waals surface area (Å²) < 4.78 is 5.10. The molecule has 0 saturated carbocycles. The molecule has 0 spiro atoms. The number of nitrogen functional groups attached to an aromatic ring is 1. The van der Waals surface area contributed by atoms with Gasteiger partial charge in [-0.25, -0.2) is 0 Å². The first kappa shape index (κ1) is 10.8.